The van der Waals surface area contributed by atoms with Gasteiger partial charge in [0.25, 0.3) is 0 Å². The summed E-state index contributed by atoms with van der Waals surface area (Å²) in [7, 11) is 0. The van der Waals surface area contributed by atoms with Gasteiger partial charge in [-0.1, -0.05) is 17.7 Å². The van der Waals surface area contributed by atoms with Crippen molar-refractivity contribution in [2.24, 2.45) is 0 Å². The molecule has 2 aliphatic rings. The first-order valence-electron chi connectivity index (χ1n) is 8.95. The van der Waals surface area contributed by atoms with Crippen molar-refractivity contribution in [3.05, 3.63) is 52.7 Å². The molecule has 5 nitrogen and oxygen atoms in total. The van der Waals surface area contributed by atoms with Gasteiger partial charge in [-0.25, -0.2) is 4.98 Å². The van der Waals surface area contributed by atoms with Crippen LogP contribution >= 0.6 is 11.6 Å². The van der Waals surface area contributed by atoms with Gasteiger partial charge in [-0.05, 0) is 24.3 Å². The van der Waals surface area contributed by atoms with Gasteiger partial charge in [0.05, 0.1) is 19.8 Å². The first kappa shape index (κ1) is 19.4. The number of benzene rings is 1. The van der Waals surface area contributed by atoms with Crippen molar-refractivity contribution in [1.82, 2.24) is 9.88 Å². The summed E-state index contributed by atoms with van der Waals surface area (Å²) in [6.45, 7) is 2.76. The fourth-order valence-corrected chi connectivity index (χ4v) is 3.85. The van der Waals surface area contributed by atoms with Crippen LogP contribution in [-0.4, -0.2) is 55.5 Å². The predicted octanol–water partition coefficient (Wildman–Crippen LogP) is 3.95. The Morgan fingerprint density at radius 3 is 2.75 bits per heavy atom. The van der Waals surface area contributed by atoms with Gasteiger partial charge in [-0.2, -0.15) is 13.2 Å². The summed E-state index contributed by atoms with van der Waals surface area (Å²) in [6, 6.07) is 7.22. The fraction of sp³-hybridized carbons (Fsp3) is 0.421. The van der Waals surface area contributed by atoms with Crippen LogP contribution in [0.1, 0.15) is 11.1 Å². The van der Waals surface area contributed by atoms with Crippen LogP contribution in [0.25, 0.3) is 0 Å². The fourth-order valence-electron chi connectivity index (χ4n) is 3.67. The molecule has 0 radical (unpaired) electrons. The molecule has 1 unspecified atom stereocenters. The molecule has 9 heteroatoms. The molecule has 0 amide bonds. The summed E-state index contributed by atoms with van der Waals surface area (Å²) in [5.74, 6) is 0.126. The van der Waals surface area contributed by atoms with E-state index in [9.17, 15) is 13.2 Å². The Kier molecular flexibility index (Phi) is 5.22. The molecule has 1 fully saturated rings. The average molecular weight is 414 g/mol. The highest BCUT2D eigenvalue weighted by atomic mass is 35.5. The third-order valence-corrected chi connectivity index (χ3v) is 5.27. The number of hydrogen-bond acceptors (Lipinski definition) is 5. The van der Waals surface area contributed by atoms with E-state index in [0.717, 1.165) is 0 Å². The van der Waals surface area contributed by atoms with Gasteiger partial charge in [-0.15, -0.1) is 0 Å². The number of hydrogen-bond donors (Lipinski definition) is 1. The molecular weight excluding hydrogens is 395 g/mol. The van der Waals surface area contributed by atoms with Crippen LogP contribution in [-0.2, 0) is 15.1 Å². The minimum atomic E-state index is -4.71. The lowest BCUT2D eigenvalue weighted by Crippen LogP contribution is -2.49. The number of fused-ring (bicyclic) bond motifs is 2. The number of morpholine rings is 1. The van der Waals surface area contributed by atoms with Gasteiger partial charge < -0.3 is 14.8 Å². The predicted molar refractivity (Wildman–Crippen MR) is 99.0 cm³/mol. The molecule has 0 saturated carbocycles. The maximum atomic E-state index is 14.6. The van der Waals surface area contributed by atoms with Crippen LogP contribution in [0.4, 0.5) is 24.7 Å². The highest BCUT2D eigenvalue weighted by molar-refractivity contribution is 6.30. The third-order valence-electron chi connectivity index (χ3n) is 5.03. The summed E-state index contributed by atoms with van der Waals surface area (Å²) < 4.78 is 54.8. The highest BCUT2D eigenvalue weighted by Crippen LogP contribution is 2.54. The maximum absolute atomic E-state index is 14.6. The molecule has 0 spiro atoms. The number of alkyl halides is 3. The number of halogens is 4. The van der Waals surface area contributed by atoms with Gasteiger partial charge >= 0.3 is 6.18 Å². The van der Waals surface area contributed by atoms with Crippen molar-refractivity contribution in [1.29, 1.82) is 0 Å². The van der Waals surface area contributed by atoms with Crippen LogP contribution in [0.15, 0.2) is 36.5 Å². The summed E-state index contributed by atoms with van der Waals surface area (Å²) in [5.41, 5.74) is -2.50. The van der Waals surface area contributed by atoms with Crippen molar-refractivity contribution >= 4 is 23.1 Å². The zero-order valence-electron chi connectivity index (χ0n) is 14.9. The summed E-state index contributed by atoms with van der Waals surface area (Å²) in [4.78, 5) is 6.12. The van der Waals surface area contributed by atoms with Crippen LogP contribution in [0.2, 0.25) is 5.02 Å². The van der Waals surface area contributed by atoms with Crippen LogP contribution in [0, 0.1) is 0 Å². The first-order valence-corrected chi connectivity index (χ1v) is 9.33. The highest BCUT2D eigenvalue weighted by Gasteiger charge is 2.62. The summed E-state index contributed by atoms with van der Waals surface area (Å²) in [6.07, 6.45) is -3.26. The van der Waals surface area contributed by atoms with Gasteiger partial charge in [0, 0.05) is 47.7 Å². The van der Waals surface area contributed by atoms with Crippen molar-refractivity contribution in [3.63, 3.8) is 0 Å². The largest absolute Gasteiger partial charge is 0.426 e. The van der Waals surface area contributed by atoms with Crippen LogP contribution in [0.3, 0.4) is 0 Å². The molecule has 150 valence electrons. The van der Waals surface area contributed by atoms with Crippen molar-refractivity contribution < 1.29 is 22.6 Å². The van der Waals surface area contributed by atoms with Gasteiger partial charge in [0.15, 0.2) is 0 Å². The van der Waals surface area contributed by atoms with Gasteiger partial charge in [-0.3, -0.25) is 4.90 Å². The van der Waals surface area contributed by atoms with E-state index in [4.69, 9.17) is 21.1 Å². The molecule has 1 aromatic heterocycles. The van der Waals surface area contributed by atoms with E-state index >= 15 is 0 Å². The molecule has 28 heavy (non-hydrogen) atoms. The van der Waals surface area contributed by atoms with Crippen LogP contribution < -0.4 is 5.32 Å². The van der Waals surface area contributed by atoms with E-state index in [2.05, 4.69) is 10.3 Å². The zero-order chi connectivity index (χ0) is 19.8. The number of pyridine rings is 1. The normalized spacial score (nSPS) is 22.3. The Balaban J connectivity index is 1.75. The zero-order valence-corrected chi connectivity index (χ0v) is 15.7. The van der Waals surface area contributed by atoms with Crippen molar-refractivity contribution in [3.8, 4) is 0 Å². The average Bonchev–Trinajstić information content (AvgIpc) is 2.67. The molecule has 0 bridgehead atoms. The van der Waals surface area contributed by atoms with E-state index in [0.29, 0.717) is 32.8 Å². The Bertz CT molecular complexity index is 859. The number of anilines is 2. The van der Waals surface area contributed by atoms with E-state index in [1.165, 1.54) is 36.5 Å². The minimum absolute atomic E-state index is 0.0602. The lowest BCUT2D eigenvalue weighted by atomic mass is 9.82. The number of nitrogens with zero attached hydrogens (tertiary/aromatic N) is 2. The molecule has 4 rings (SSSR count). The lowest BCUT2D eigenvalue weighted by Gasteiger charge is -2.41. The molecular formula is C19H19ClF3N3O2. The molecule has 2 aromatic rings. The maximum Gasteiger partial charge on any atom is 0.426 e. The molecule has 1 saturated heterocycles. The first-order chi connectivity index (χ1) is 13.4. The second-order valence-electron chi connectivity index (χ2n) is 6.70. The van der Waals surface area contributed by atoms with E-state index in [-0.39, 0.29) is 34.3 Å². The van der Waals surface area contributed by atoms with E-state index in [1.807, 2.05) is 4.90 Å². The number of aromatic nitrogens is 1. The van der Waals surface area contributed by atoms with Gasteiger partial charge in [0.1, 0.15) is 5.82 Å². The van der Waals surface area contributed by atoms with Gasteiger partial charge in [0.2, 0.25) is 5.60 Å². The number of ether oxygens (including phenoxy) is 2. The van der Waals surface area contributed by atoms with Crippen molar-refractivity contribution in [2.45, 2.75) is 11.8 Å². The molecule has 1 N–H and O–H groups in total. The topological polar surface area (TPSA) is 46.6 Å². The number of rotatable bonds is 4. The second kappa shape index (κ2) is 7.51. The summed E-state index contributed by atoms with van der Waals surface area (Å²) in [5, 5.41) is 3.16. The summed E-state index contributed by atoms with van der Waals surface area (Å²) >= 11 is 6.05. The Morgan fingerprint density at radius 2 is 2.00 bits per heavy atom. The SMILES string of the molecule is FC(F)(F)C1(OCCN2CCOCC2)c2cc(Cl)ccc2Nc2ncccc21. The monoisotopic (exact) mass is 413 g/mol. The molecule has 1 atom stereocenters. The Labute approximate surface area is 165 Å². The van der Waals surface area contributed by atoms with E-state index in [1.54, 1.807) is 0 Å². The Hall–Kier alpha value is -1.87. The minimum Gasteiger partial charge on any atom is -0.379 e. The smallest absolute Gasteiger partial charge is 0.379 e. The van der Waals surface area contributed by atoms with Crippen molar-refractivity contribution in [2.75, 3.05) is 44.8 Å². The van der Waals surface area contributed by atoms with E-state index < -0.39 is 11.8 Å². The molecule has 2 aliphatic heterocycles. The number of nitrogens with one attached hydrogen (secondary N) is 1. The molecule has 0 aliphatic carbocycles. The molecule has 1 aromatic carbocycles. The van der Waals surface area contributed by atoms with Crippen LogP contribution in [0.5, 0.6) is 0 Å². The molecule has 3 heterocycles. The standard InChI is InChI=1S/C19H19ClF3N3O2/c20-13-3-4-16-15(12-13)18(19(21,22)23,14-2-1-5-24-17(14)25-16)28-11-8-26-6-9-27-10-7-26/h1-5,12H,6-11H2,(H,24,25). The Morgan fingerprint density at radius 1 is 1.21 bits per heavy atom. The second-order valence-corrected chi connectivity index (χ2v) is 7.13. The quantitative estimate of drug-likeness (QED) is 0.822. The third kappa shape index (κ3) is 3.34. The lowest BCUT2D eigenvalue weighted by molar-refractivity contribution is -0.267.